The molecule has 2 aliphatic rings. The van der Waals surface area contributed by atoms with Gasteiger partial charge in [0.2, 0.25) is 0 Å². The summed E-state index contributed by atoms with van der Waals surface area (Å²) in [5.74, 6) is 0. The molecule has 2 nitrogen and oxygen atoms in total. The first-order valence-electron chi connectivity index (χ1n) is 5.65. The fraction of sp³-hybridized carbons (Fsp3) is 0.385. The van der Waals surface area contributed by atoms with Gasteiger partial charge in [-0.1, -0.05) is 30.4 Å². The molecule has 0 saturated carbocycles. The third-order valence-electron chi connectivity index (χ3n) is 3.42. The number of benzene rings is 1. The Morgan fingerprint density at radius 3 is 2.73 bits per heavy atom. The van der Waals surface area contributed by atoms with Gasteiger partial charge in [-0.2, -0.15) is 0 Å². The van der Waals surface area contributed by atoms with E-state index in [-0.39, 0.29) is 5.54 Å². The minimum Gasteiger partial charge on any atom is -0.376 e. The summed E-state index contributed by atoms with van der Waals surface area (Å²) in [6, 6.07) is 8.51. The Kier molecular flexibility index (Phi) is 2.03. The average Bonchev–Trinajstić information content (AvgIpc) is 2.30. The predicted octanol–water partition coefficient (Wildman–Crippen LogP) is 2.25. The number of hydrogen-bond acceptors (Lipinski definition) is 2. The van der Waals surface area contributed by atoms with Gasteiger partial charge in [0.15, 0.2) is 0 Å². The molecule has 3 rings (SSSR count). The first kappa shape index (κ1) is 8.98. The van der Waals surface area contributed by atoms with Crippen LogP contribution < -0.4 is 10.6 Å². The van der Waals surface area contributed by atoms with Crippen LogP contribution >= 0.6 is 0 Å². The van der Waals surface area contributed by atoms with Crippen molar-refractivity contribution < 1.29 is 0 Å². The Bertz CT molecular complexity index is 389. The zero-order valence-electron chi connectivity index (χ0n) is 8.79. The molecule has 2 N–H and O–H groups in total. The first-order valence-corrected chi connectivity index (χ1v) is 5.65. The number of nitrogens with one attached hydrogen (secondary N) is 2. The summed E-state index contributed by atoms with van der Waals surface area (Å²) in [6.07, 6.45) is 6.96. The Morgan fingerprint density at radius 2 is 1.87 bits per heavy atom. The molecule has 1 saturated heterocycles. The highest BCUT2D eigenvalue weighted by atomic mass is 15.0. The van der Waals surface area contributed by atoms with E-state index in [4.69, 9.17) is 0 Å². The number of anilines is 1. The summed E-state index contributed by atoms with van der Waals surface area (Å²) in [5.41, 5.74) is 2.79. The molecule has 1 aromatic rings. The van der Waals surface area contributed by atoms with Crippen molar-refractivity contribution in [2.45, 2.75) is 18.4 Å². The molecular weight excluding hydrogens is 184 g/mol. The van der Waals surface area contributed by atoms with Crippen LogP contribution in [0.25, 0.3) is 6.08 Å². The van der Waals surface area contributed by atoms with Crippen molar-refractivity contribution in [1.82, 2.24) is 5.32 Å². The lowest BCUT2D eigenvalue weighted by Crippen LogP contribution is -2.47. The summed E-state index contributed by atoms with van der Waals surface area (Å²) < 4.78 is 0. The SMILES string of the molecule is C1=CC2(CCNCC2)Nc2ccccc21. The maximum atomic E-state index is 3.69. The number of fused-ring (bicyclic) bond motifs is 1. The van der Waals surface area contributed by atoms with Crippen molar-refractivity contribution in [1.29, 1.82) is 0 Å². The normalized spacial score (nSPS) is 22.1. The summed E-state index contributed by atoms with van der Waals surface area (Å²) in [7, 11) is 0. The van der Waals surface area contributed by atoms with Crippen molar-refractivity contribution in [2.24, 2.45) is 0 Å². The van der Waals surface area contributed by atoms with E-state index < -0.39 is 0 Å². The highest BCUT2D eigenvalue weighted by molar-refractivity contribution is 5.72. The summed E-state index contributed by atoms with van der Waals surface area (Å²) >= 11 is 0. The topological polar surface area (TPSA) is 24.1 Å². The van der Waals surface area contributed by atoms with E-state index in [2.05, 4.69) is 47.1 Å². The van der Waals surface area contributed by atoms with Crippen molar-refractivity contribution in [3.63, 3.8) is 0 Å². The van der Waals surface area contributed by atoms with Gasteiger partial charge < -0.3 is 10.6 Å². The summed E-state index contributed by atoms with van der Waals surface area (Å²) in [4.78, 5) is 0. The molecule has 0 aliphatic carbocycles. The lowest BCUT2D eigenvalue weighted by atomic mass is 9.84. The molecular formula is C13H16N2. The van der Waals surface area contributed by atoms with Gasteiger partial charge in [-0.15, -0.1) is 0 Å². The Hall–Kier alpha value is -1.28. The lowest BCUT2D eigenvalue weighted by Gasteiger charge is -2.39. The highest BCUT2D eigenvalue weighted by Gasteiger charge is 2.31. The molecule has 0 radical (unpaired) electrons. The van der Waals surface area contributed by atoms with Gasteiger partial charge in [0.1, 0.15) is 0 Å². The van der Waals surface area contributed by atoms with Crippen LogP contribution in [-0.2, 0) is 0 Å². The van der Waals surface area contributed by atoms with E-state index in [0.29, 0.717) is 0 Å². The molecule has 15 heavy (non-hydrogen) atoms. The van der Waals surface area contributed by atoms with Crippen LogP contribution in [0.2, 0.25) is 0 Å². The molecule has 2 heteroatoms. The van der Waals surface area contributed by atoms with Crippen LogP contribution in [0.3, 0.4) is 0 Å². The van der Waals surface area contributed by atoms with E-state index in [1.165, 1.54) is 24.1 Å². The minimum absolute atomic E-state index is 0.208. The molecule has 1 aromatic carbocycles. The number of hydrogen-bond donors (Lipinski definition) is 2. The molecule has 0 aromatic heterocycles. The maximum absolute atomic E-state index is 3.69. The van der Waals surface area contributed by atoms with Gasteiger partial charge in [-0.3, -0.25) is 0 Å². The van der Waals surface area contributed by atoms with Gasteiger partial charge in [-0.25, -0.2) is 0 Å². The second-order valence-electron chi connectivity index (χ2n) is 4.45. The van der Waals surface area contributed by atoms with Crippen molar-refractivity contribution in [2.75, 3.05) is 18.4 Å². The number of piperidine rings is 1. The van der Waals surface area contributed by atoms with Crippen LogP contribution in [0.5, 0.6) is 0 Å². The summed E-state index contributed by atoms with van der Waals surface area (Å²) in [5, 5.41) is 7.09. The fourth-order valence-corrected chi connectivity index (χ4v) is 2.48. The van der Waals surface area contributed by atoms with Gasteiger partial charge in [0, 0.05) is 5.69 Å². The Balaban J connectivity index is 1.94. The zero-order valence-corrected chi connectivity index (χ0v) is 8.79. The Labute approximate surface area is 90.4 Å². The van der Waals surface area contributed by atoms with Gasteiger partial charge in [0.05, 0.1) is 5.54 Å². The second-order valence-corrected chi connectivity index (χ2v) is 4.45. The third-order valence-corrected chi connectivity index (χ3v) is 3.42. The average molecular weight is 200 g/mol. The van der Waals surface area contributed by atoms with Gasteiger partial charge in [0.25, 0.3) is 0 Å². The molecule has 0 bridgehead atoms. The largest absolute Gasteiger partial charge is 0.376 e. The van der Waals surface area contributed by atoms with Crippen LogP contribution in [0.4, 0.5) is 5.69 Å². The maximum Gasteiger partial charge on any atom is 0.0583 e. The quantitative estimate of drug-likeness (QED) is 0.671. The monoisotopic (exact) mass is 200 g/mol. The molecule has 1 fully saturated rings. The molecule has 78 valence electrons. The van der Waals surface area contributed by atoms with Crippen molar-refractivity contribution in [3.8, 4) is 0 Å². The lowest BCUT2D eigenvalue weighted by molar-refractivity contribution is 0.401. The standard InChI is InChI=1S/C13H16N2/c1-2-4-12-11(3-1)5-6-13(15-12)7-9-14-10-8-13/h1-6,14-15H,7-10H2. The first-order chi connectivity index (χ1) is 7.38. The van der Waals surface area contributed by atoms with Crippen LogP contribution in [0, 0.1) is 0 Å². The van der Waals surface area contributed by atoms with E-state index in [1.807, 2.05) is 0 Å². The molecule has 0 unspecified atom stereocenters. The van der Waals surface area contributed by atoms with Crippen molar-refractivity contribution in [3.05, 3.63) is 35.9 Å². The second kappa shape index (κ2) is 3.38. The number of rotatable bonds is 0. The highest BCUT2D eigenvalue weighted by Crippen LogP contribution is 2.33. The van der Waals surface area contributed by atoms with Crippen LogP contribution in [0.1, 0.15) is 18.4 Å². The van der Waals surface area contributed by atoms with Gasteiger partial charge in [-0.05, 0) is 37.6 Å². The molecule has 2 aliphatic heterocycles. The third kappa shape index (κ3) is 1.55. The molecule has 0 atom stereocenters. The Morgan fingerprint density at radius 1 is 1.07 bits per heavy atom. The van der Waals surface area contributed by atoms with E-state index >= 15 is 0 Å². The minimum atomic E-state index is 0.208. The van der Waals surface area contributed by atoms with E-state index in [0.717, 1.165) is 13.1 Å². The summed E-state index contributed by atoms with van der Waals surface area (Å²) in [6.45, 7) is 2.22. The van der Waals surface area contributed by atoms with E-state index in [9.17, 15) is 0 Å². The van der Waals surface area contributed by atoms with Gasteiger partial charge >= 0.3 is 0 Å². The smallest absolute Gasteiger partial charge is 0.0583 e. The van der Waals surface area contributed by atoms with E-state index in [1.54, 1.807) is 0 Å². The zero-order chi connectivity index (χ0) is 10.1. The van der Waals surface area contributed by atoms with Crippen LogP contribution in [-0.4, -0.2) is 18.6 Å². The molecule has 1 spiro atoms. The predicted molar refractivity (Wildman–Crippen MR) is 63.9 cm³/mol. The van der Waals surface area contributed by atoms with Crippen molar-refractivity contribution >= 4 is 11.8 Å². The molecule has 0 amide bonds. The van der Waals surface area contributed by atoms with Crippen LogP contribution in [0.15, 0.2) is 30.3 Å². The fourth-order valence-electron chi connectivity index (χ4n) is 2.48. The number of para-hydroxylation sites is 1. The molecule has 2 heterocycles.